The summed E-state index contributed by atoms with van der Waals surface area (Å²) in [5.41, 5.74) is 0. The highest BCUT2D eigenvalue weighted by Crippen LogP contribution is 2.38. The molecule has 0 N–H and O–H groups in total. The number of hydrogen-bond donors (Lipinski definition) is 0. The van der Waals surface area contributed by atoms with Crippen LogP contribution < -0.4 is 0 Å². The van der Waals surface area contributed by atoms with E-state index in [1.807, 2.05) is 0 Å². The second kappa shape index (κ2) is 4.44. The molecule has 2 saturated heterocycles. The molecule has 2 unspecified atom stereocenters. The third-order valence-electron chi connectivity index (χ3n) is 2.06. The van der Waals surface area contributed by atoms with E-state index in [9.17, 15) is 9.59 Å². The van der Waals surface area contributed by atoms with E-state index < -0.39 is 0 Å². The van der Waals surface area contributed by atoms with Gasteiger partial charge < -0.3 is 9.47 Å². The Balaban J connectivity index is 1.76. The van der Waals surface area contributed by atoms with E-state index in [1.54, 1.807) is 0 Å². The molecule has 0 bridgehead atoms. The van der Waals surface area contributed by atoms with Crippen LogP contribution in [0.15, 0.2) is 0 Å². The number of carbonyl (C=O) groups is 2. The molecule has 0 radical (unpaired) electrons. The monoisotopic (exact) mass is 234 g/mol. The smallest absolute Gasteiger partial charge is 0.320 e. The molecule has 14 heavy (non-hydrogen) atoms. The predicted octanol–water partition coefficient (Wildman–Crippen LogP) is 0.999. The highest BCUT2D eigenvalue weighted by Gasteiger charge is 2.32. The lowest BCUT2D eigenvalue weighted by Crippen LogP contribution is -2.12. The predicted molar refractivity (Wildman–Crippen MR) is 53.9 cm³/mol. The van der Waals surface area contributed by atoms with E-state index >= 15 is 0 Å². The third kappa shape index (κ3) is 2.17. The average molecular weight is 234 g/mol. The summed E-state index contributed by atoms with van der Waals surface area (Å²) < 4.78 is 9.64. The van der Waals surface area contributed by atoms with Gasteiger partial charge in [0.25, 0.3) is 0 Å². The molecule has 0 aromatic rings. The van der Waals surface area contributed by atoms with Gasteiger partial charge in [0.1, 0.15) is 10.5 Å². The Morgan fingerprint density at radius 3 is 1.64 bits per heavy atom. The lowest BCUT2D eigenvalue weighted by Gasteiger charge is -2.06. The molecular formula is C8H10O4S2. The summed E-state index contributed by atoms with van der Waals surface area (Å²) in [6.45, 7) is 1.01. The van der Waals surface area contributed by atoms with Gasteiger partial charge in [0.15, 0.2) is 0 Å². The van der Waals surface area contributed by atoms with Crippen molar-refractivity contribution < 1.29 is 19.1 Å². The van der Waals surface area contributed by atoms with Gasteiger partial charge in [-0.25, -0.2) is 0 Å². The first-order valence-electron chi connectivity index (χ1n) is 4.43. The largest absolute Gasteiger partial charge is 0.465 e. The number of ether oxygens (including phenoxy) is 2. The molecule has 2 aliphatic heterocycles. The van der Waals surface area contributed by atoms with Gasteiger partial charge in [0, 0.05) is 12.8 Å². The Bertz CT molecular complexity index is 230. The number of cyclic esters (lactones) is 2. The van der Waals surface area contributed by atoms with Gasteiger partial charge in [-0.15, -0.1) is 0 Å². The first-order valence-corrected chi connectivity index (χ1v) is 6.70. The maximum atomic E-state index is 11.1. The van der Waals surface area contributed by atoms with Crippen molar-refractivity contribution in [3.8, 4) is 0 Å². The van der Waals surface area contributed by atoms with E-state index in [4.69, 9.17) is 9.47 Å². The number of esters is 2. The summed E-state index contributed by atoms with van der Waals surface area (Å²) in [6, 6.07) is 0. The number of carbonyl (C=O) groups excluding carboxylic acids is 2. The second-order valence-electron chi connectivity index (χ2n) is 3.08. The van der Waals surface area contributed by atoms with Crippen molar-refractivity contribution in [3.05, 3.63) is 0 Å². The highest BCUT2D eigenvalue weighted by atomic mass is 33.1. The molecule has 2 atom stereocenters. The zero-order chi connectivity index (χ0) is 9.97. The van der Waals surface area contributed by atoms with Crippen LogP contribution >= 0.6 is 21.6 Å². The molecule has 2 rings (SSSR count). The Hall–Kier alpha value is -0.360. The molecule has 78 valence electrons. The van der Waals surface area contributed by atoms with Crippen LogP contribution in [0.4, 0.5) is 0 Å². The molecule has 2 fully saturated rings. The lowest BCUT2D eigenvalue weighted by atomic mass is 10.4. The minimum absolute atomic E-state index is 0.103. The van der Waals surface area contributed by atoms with Crippen LogP contribution in [0.3, 0.4) is 0 Å². The molecule has 2 aliphatic rings. The fourth-order valence-corrected chi connectivity index (χ4v) is 4.06. The standard InChI is InChI=1S/C8H10O4S2/c9-7-5(1-3-11-7)13-14-6-2-4-12-8(6)10/h5-6H,1-4H2. The van der Waals surface area contributed by atoms with Crippen molar-refractivity contribution in [3.63, 3.8) is 0 Å². The highest BCUT2D eigenvalue weighted by molar-refractivity contribution is 8.77. The van der Waals surface area contributed by atoms with Crippen molar-refractivity contribution in [1.29, 1.82) is 0 Å². The normalized spacial score (nSPS) is 31.7. The molecule has 6 heteroatoms. The van der Waals surface area contributed by atoms with Crippen molar-refractivity contribution in [2.45, 2.75) is 23.3 Å². The van der Waals surface area contributed by atoms with Gasteiger partial charge in [-0.2, -0.15) is 0 Å². The fourth-order valence-electron chi connectivity index (χ4n) is 1.26. The molecule has 0 aromatic heterocycles. The number of hydrogen-bond acceptors (Lipinski definition) is 6. The maximum absolute atomic E-state index is 11.1. The summed E-state index contributed by atoms with van der Waals surface area (Å²) >= 11 is 0. The molecular weight excluding hydrogens is 224 g/mol. The van der Waals surface area contributed by atoms with E-state index in [0.717, 1.165) is 12.8 Å². The van der Waals surface area contributed by atoms with Crippen LogP contribution in [0, 0.1) is 0 Å². The summed E-state index contributed by atoms with van der Waals surface area (Å²) in [5, 5.41) is -0.207. The Morgan fingerprint density at radius 2 is 1.36 bits per heavy atom. The first-order chi connectivity index (χ1) is 6.77. The molecule has 2 heterocycles. The number of rotatable bonds is 3. The maximum Gasteiger partial charge on any atom is 0.320 e. The van der Waals surface area contributed by atoms with Gasteiger partial charge in [0.2, 0.25) is 0 Å². The van der Waals surface area contributed by atoms with Gasteiger partial charge in [-0.3, -0.25) is 9.59 Å². The first kappa shape index (κ1) is 10.2. The average Bonchev–Trinajstić information content (AvgIpc) is 2.72. The topological polar surface area (TPSA) is 52.6 Å². The van der Waals surface area contributed by atoms with E-state index in [-0.39, 0.29) is 22.4 Å². The Labute approximate surface area is 89.5 Å². The summed E-state index contributed by atoms with van der Waals surface area (Å²) in [4.78, 5) is 22.2. The van der Waals surface area contributed by atoms with E-state index in [0.29, 0.717) is 13.2 Å². The van der Waals surface area contributed by atoms with Crippen LogP contribution in [0.2, 0.25) is 0 Å². The van der Waals surface area contributed by atoms with Gasteiger partial charge in [0.05, 0.1) is 13.2 Å². The molecule has 0 aromatic carbocycles. The Morgan fingerprint density at radius 1 is 0.929 bits per heavy atom. The van der Waals surface area contributed by atoms with Crippen LogP contribution in [0.1, 0.15) is 12.8 Å². The van der Waals surface area contributed by atoms with Gasteiger partial charge >= 0.3 is 11.9 Å². The fraction of sp³-hybridized carbons (Fsp3) is 0.750. The van der Waals surface area contributed by atoms with E-state index in [2.05, 4.69) is 0 Å². The van der Waals surface area contributed by atoms with Crippen molar-refractivity contribution in [2.24, 2.45) is 0 Å². The van der Waals surface area contributed by atoms with Gasteiger partial charge in [-0.05, 0) is 0 Å². The second-order valence-corrected chi connectivity index (χ2v) is 5.76. The van der Waals surface area contributed by atoms with Crippen molar-refractivity contribution in [1.82, 2.24) is 0 Å². The summed E-state index contributed by atoms with van der Waals surface area (Å²) in [6.07, 6.45) is 1.50. The minimum atomic E-state index is -0.158. The lowest BCUT2D eigenvalue weighted by molar-refractivity contribution is -0.138. The molecule has 0 aliphatic carbocycles. The molecule has 0 amide bonds. The molecule has 4 nitrogen and oxygen atoms in total. The zero-order valence-corrected chi connectivity index (χ0v) is 9.07. The van der Waals surface area contributed by atoms with Crippen LogP contribution in [0.5, 0.6) is 0 Å². The SMILES string of the molecule is O=C1OCCC1SSC1CCOC1=O. The van der Waals surface area contributed by atoms with Crippen molar-refractivity contribution >= 4 is 33.5 Å². The molecule has 0 saturated carbocycles. The van der Waals surface area contributed by atoms with Crippen LogP contribution in [0.25, 0.3) is 0 Å². The third-order valence-corrected chi connectivity index (χ3v) is 5.22. The van der Waals surface area contributed by atoms with E-state index in [1.165, 1.54) is 21.6 Å². The zero-order valence-electron chi connectivity index (χ0n) is 7.43. The van der Waals surface area contributed by atoms with Crippen LogP contribution in [-0.2, 0) is 19.1 Å². The Kier molecular flexibility index (Phi) is 3.22. The van der Waals surface area contributed by atoms with Crippen LogP contribution in [-0.4, -0.2) is 35.7 Å². The summed E-state index contributed by atoms with van der Waals surface area (Å²) in [5.74, 6) is -0.317. The molecule has 0 spiro atoms. The quantitative estimate of drug-likeness (QED) is 0.536. The summed E-state index contributed by atoms with van der Waals surface area (Å²) in [7, 11) is 2.87. The van der Waals surface area contributed by atoms with Crippen molar-refractivity contribution in [2.75, 3.05) is 13.2 Å². The van der Waals surface area contributed by atoms with Gasteiger partial charge in [-0.1, -0.05) is 21.6 Å². The minimum Gasteiger partial charge on any atom is -0.465 e.